The highest BCUT2D eigenvalue weighted by molar-refractivity contribution is 6.42. The number of methoxy groups -OCH3 is 1. The van der Waals surface area contributed by atoms with Crippen LogP contribution in [-0.2, 0) is 9.53 Å². The second kappa shape index (κ2) is 4.86. The number of benzene rings is 1. The molecule has 6 heteroatoms. The summed E-state index contributed by atoms with van der Waals surface area (Å²) < 4.78 is 4.37. The van der Waals surface area contributed by atoms with E-state index in [9.17, 15) is 9.59 Å². The molecule has 0 radical (unpaired) electrons. The van der Waals surface area contributed by atoms with Crippen LogP contribution in [0.5, 0.6) is 0 Å². The number of aromatic carboxylic acids is 1. The summed E-state index contributed by atoms with van der Waals surface area (Å²) in [6.45, 7) is 0. The van der Waals surface area contributed by atoms with Crippen LogP contribution in [0.15, 0.2) is 24.3 Å². The minimum Gasteiger partial charge on any atom is -0.478 e. The lowest BCUT2D eigenvalue weighted by molar-refractivity contribution is -0.137. The maximum Gasteiger partial charge on any atom is 0.422 e. The smallest absolute Gasteiger partial charge is 0.422 e. The molecule has 1 aromatic carbocycles. The summed E-state index contributed by atoms with van der Waals surface area (Å²) in [4.78, 5) is 24.8. The van der Waals surface area contributed by atoms with E-state index in [4.69, 9.17) is 10.6 Å². The molecule has 0 bridgehead atoms. The molecule has 82 valence electrons. The largest absolute Gasteiger partial charge is 0.478 e. The molecule has 0 saturated heterocycles. The monoisotopic (exact) mass is 220 g/mol. The van der Waals surface area contributed by atoms with Crippen molar-refractivity contribution >= 4 is 17.7 Å². The molecule has 0 aliphatic carbocycles. The van der Waals surface area contributed by atoms with Gasteiger partial charge in [-0.2, -0.15) is 4.79 Å². The first-order valence-electron chi connectivity index (χ1n) is 4.25. The highest BCUT2D eigenvalue weighted by Gasteiger charge is 2.28. The topological polar surface area (TPSA) is 100 Å². The van der Waals surface area contributed by atoms with E-state index < -0.39 is 17.7 Å². The molecule has 6 nitrogen and oxygen atoms in total. The van der Waals surface area contributed by atoms with Gasteiger partial charge < -0.3 is 15.4 Å². The Morgan fingerprint density at radius 1 is 1.31 bits per heavy atom. The molecule has 0 saturated carbocycles. The number of hydrogen-bond donors (Lipinski definition) is 1. The van der Waals surface area contributed by atoms with Crippen molar-refractivity contribution < 1.29 is 24.2 Å². The first-order valence-corrected chi connectivity index (χ1v) is 4.25. The number of esters is 1. The van der Waals surface area contributed by atoms with E-state index in [-0.39, 0.29) is 11.1 Å². The highest BCUT2D eigenvalue weighted by atomic mass is 16.5. The average Bonchev–Trinajstić information content (AvgIpc) is 2.30. The van der Waals surface area contributed by atoms with Crippen molar-refractivity contribution in [2.45, 2.75) is 0 Å². The van der Waals surface area contributed by atoms with Crippen LogP contribution in [-0.4, -0.2) is 34.7 Å². The van der Waals surface area contributed by atoms with Crippen LogP contribution in [0, 0.1) is 0 Å². The van der Waals surface area contributed by atoms with Crippen molar-refractivity contribution in [2.24, 2.45) is 0 Å². The number of carboxylic acid groups (broad SMARTS) is 1. The van der Waals surface area contributed by atoms with Crippen LogP contribution in [0.25, 0.3) is 5.53 Å². The van der Waals surface area contributed by atoms with Crippen LogP contribution >= 0.6 is 0 Å². The molecule has 0 aliphatic heterocycles. The second-order valence-corrected chi connectivity index (χ2v) is 2.79. The lowest BCUT2D eigenvalue weighted by Gasteiger charge is -1.99. The van der Waals surface area contributed by atoms with Gasteiger partial charge in [0.1, 0.15) is 0 Å². The summed E-state index contributed by atoms with van der Waals surface area (Å²) in [5.41, 5.74) is 8.10. The summed E-state index contributed by atoms with van der Waals surface area (Å²) in [5, 5.41) is 8.88. The van der Waals surface area contributed by atoms with Gasteiger partial charge in [-0.3, -0.25) is 0 Å². The van der Waals surface area contributed by atoms with Crippen LogP contribution in [0.4, 0.5) is 0 Å². The fraction of sp³-hybridized carbons (Fsp3) is 0.100. The van der Waals surface area contributed by atoms with Crippen molar-refractivity contribution in [1.82, 2.24) is 0 Å². The molecular weight excluding hydrogens is 212 g/mol. The number of ether oxygens (including phenoxy) is 1. The number of carbonyl (C=O) groups is 2. The van der Waals surface area contributed by atoms with Crippen molar-refractivity contribution in [1.29, 1.82) is 0 Å². The molecule has 0 spiro atoms. The quantitative estimate of drug-likeness (QED) is 0.348. The van der Waals surface area contributed by atoms with Gasteiger partial charge in [0.2, 0.25) is 0 Å². The van der Waals surface area contributed by atoms with Gasteiger partial charge in [-0.05, 0) is 12.1 Å². The number of carbonyl (C=O) groups excluding carboxylic acids is 1. The Morgan fingerprint density at radius 2 is 1.88 bits per heavy atom. The fourth-order valence-corrected chi connectivity index (χ4v) is 1.18. The minimum absolute atomic E-state index is 0.00403. The third-order valence-electron chi connectivity index (χ3n) is 1.89. The third-order valence-corrected chi connectivity index (χ3v) is 1.89. The lowest BCUT2D eigenvalue weighted by atomic mass is 10.0. The summed E-state index contributed by atoms with van der Waals surface area (Å²) in [5.74, 6) is -2.13. The van der Waals surface area contributed by atoms with Crippen molar-refractivity contribution in [3.05, 3.63) is 40.9 Å². The molecule has 0 aliphatic rings. The van der Waals surface area contributed by atoms with E-state index in [1.807, 2.05) is 0 Å². The van der Waals surface area contributed by atoms with E-state index in [1.54, 1.807) is 0 Å². The molecule has 1 rings (SSSR count). The van der Waals surface area contributed by atoms with E-state index >= 15 is 0 Å². The van der Waals surface area contributed by atoms with Gasteiger partial charge in [0.25, 0.3) is 0 Å². The summed E-state index contributed by atoms with van der Waals surface area (Å²) in [6, 6.07) is 5.68. The molecule has 0 heterocycles. The predicted molar refractivity (Wildman–Crippen MR) is 53.1 cm³/mol. The number of carboxylic acids is 1. The molecule has 0 unspecified atom stereocenters. The van der Waals surface area contributed by atoms with Gasteiger partial charge in [0, 0.05) is 0 Å². The van der Waals surface area contributed by atoms with E-state index in [0.29, 0.717) is 0 Å². The Labute approximate surface area is 90.7 Å². The Balaban J connectivity index is 3.37. The first-order chi connectivity index (χ1) is 7.61. The summed E-state index contributed by atoms with van der Waals surface area (Å²) >= 11 is 0. The molecule has 0 aromatic heterocycles. The number of hydrogen-bond acceptors (Lipinski definition) is 3. The van der Waals surface area contributed by atoms with Crippen molar-refractivity contribution in [3.63, 3.8) is 0 Å². The van der Waals surface area contributed by atoms with E-state index in [0.717, 1.165) is 7.11 Å². The normalized spacial score (nSPS) is 9.06. The molecule has 1 N–H and O–H groups in total. The van der Waals surface area contributed by atoms with Gasteiger partial charge in [-0.25, -0.2) is 9.59 Å². The molecule has 0 atom stereocenters. The van der Waals surface area contributed by atoms with E-state index in [2.05, 4.69) is 9.53 Å². The van der Waals surface area contributed by atoms with Gasteiger partial charge in [-0.15, -0.1) is 0 Å². The second-order valence-electron chi connectivity index (χ2n) is 2.79. The molecule has 1 aromatic rings. The minimum atomic E-state index is -1.22. The Bertz CT molecular complexity index is 489. The number of rotatable bonds is 3. The summed E-state index contributed by atoms with van der Waals surface area (Å²) in [6.07, 6.45) is 0. The Kier molecular flexibility index (Phi) is 3.53. The molecule has 16 heavy (non-hydrogen) atoms. The zero-order valence-corrected chi connectivity index (χ0v) is 8.38. The SMILES string of the molecule is COC(=O)C(=[N+]=[N-])c1ccccc1C(=O)O. The number of nitrogens with zero attached hydrogens (tertiary/aromatic N) is 2. The fourth-order valence-electron chi connectivity index (χ4n) is 1.18. The van der Waals surface area contributed by atoms with Gasteiger partial charge in [0.15, 0.2) is 0 Å². The highest BCUT2D eigenvalue weighted by Crippen LogP contribution is 2.09. The predicted octanol–water partition coefficient (Wildman–Crippen LogP) is 0.577. The van der Waals surface area contributed by atoms with Crippen LogP contribution in [0.1, 0.15) is 15.9 Å². The van der Waals surface area contributed by atoms with Crippen molar-refractivity contribution in [2.75, 3.05) is 7.11 Å². The maximum atomic E-state index is 11.2. The third kappa shape index (κ3) is 2.13. The van der Waals surface area contributed by atoms with Crippen molar-refractivity contribution in [3.8, 4) is 0 Å². The zero-order chi connectivity index (χ0) is 12.1. The summed E-state index contributed by atoms with van der Waals surface area (Å²) in [7, 11) is 1.11. The molecule has 0 fully saturated rings. The molecular formula is C10H8N2O4. The van der Waals surface area contributed by atoms with Crippen LogP contribution < -0.4 is 0 Å². The van der Waals surface area contributed by atoms with Gasteiger partial charge in [0.05, 0.1) is 18.2 Å². The Morgan fingerprint density at radius 3 is 2.31 bits per heavy atom. The van der Waals surface area contributed by atoms with Gasteiger partial charge >= 0.3 is 17.7 Å². The average molecular weight is 220 g/mol. The van der Waals surface area contributed by atoms with Crippen LogP contribution in [0.2, 0.25) is 0 Å². The Hall–Kier alpha value is -2.46. The van der Waals surface area contributed by atoms with Crippen LogP contribution in [0.3, 0.4) is 0 Å². The van der Waals surface area contributed by atoms with Gasteiger partial charge in [-0.1, -0.05) is 12.1 Å². The van der Waals surface area contributed by atoms with E-state index in [1.165, 1.54) is 24.3 Å². The maximum absolute atomic E-state index is 11.2. The lowest BCUT2D eigenvalue weighted by Crippen LogP contribution is -2.21. The molecule has 0 amide bonds. The standard InChI is InChI=1S/C10H8N2O4/c1-16-10(15)8(12-11)6-4-2-3-5-7(6)9(13)14/h2-5H,1H3,(H,13,14). The first kappa shape index (κ1) is 11.6. The zero-order valence-electron chi connectivity index (χ0n) is 8.38.